The molecule has 0 bridgehead atoms. The largest absolute Gasteiger partial charge is 0.351 e. The number of carbonyl (C=O) groups is 1. The van der Waals surface area contributed by atoms with Crippen LogP contribution in [-0.2, 0) is 17.8 Å². The van der Waals surface area contributed by atoms with E-state index in [1.165, 1.54) is 5.56 Å². The molecule has 0 aliphatic rings. The maximum Gasteiger partial charge on any atom is 0.220 e. The van der Waals surface area contributed by atoms with E-state index in [2.05, 4.69) is 17.2 Å². The van der Waals surface area contributed by atoms with Gasteiger partial charge in [-0.3, -0.25) is 4.79 Å². The maximum atomic E-state index is 11.8. The van der Waals surface area contributed by atoms with Crippen LogP contribution in [0.1, 0.15) is 22.4 Å². The maximum absolute atomic E-state index is 11.8. The van der Waals surface area contributed by atoms with Crippen LogP contribution in [0, 0.1) is 11.8 Å². The summed E-state index contributed by atoms with van der Waals surface area (Å²) in [5, 5.41) is 4.92. The van der Waals surface area contributed by atoms with E-state index in [-0.39, 0.29) is 5.91 Å². The molecule has 1 aromatic heterocycles. The van der Waals surface area contributed by atoms with Gasteiger partial charge >= 0.3 is 0 Å². The van der Waals surface area contributed by atoms with Crippen molar-refractivity contribution in [3.8, 4) is 11.8 Å². The Hall–Kier alpha value is -2.09. The lowest BCUT2D eigenvalue weighted by Gasteiger charge is -2.03. The quantitative estimate of drug-likeness (QED) is 0.832. The molecule has 1 amide bonds. The number of hydrogen-bond donors (Lipinski definition) is 2. The number of carbonyl (C=O) groups excluding carboxylic acids is 1. The number of nitrogens with one attached hydrogen (secondary N) is 1. The molecule has 0 spiro atoms. The Morgan fingerprint density at radius 2 is 2.10 bits per heavy atom. The minimum absolute atomic E-state index is 0.0712. The Kier molecular flexibility index (Phi) is 6.01. The Bertz CT molecular complexity index is 638. The van der Waals surface area contributed by atoms with E-state index in [1.807, 2.05) is 41.8 Å². The molecule has 0 atom stereocenters. The highest BCUT2D eigenvalue weighted by atomic mass is 32.1. The molecule has 108 valence electrons. The fraction of sp³-hybridized carbons (Fsp3) is 0.235. The third kappa shape index (κ3) is 5.42. The van der Waals surface area contributed by atoms with Crippen molar-refractivity contribution < 1.29 is 4.79 Å². The molecule has 0 saturated heterocycles. The third-order valence-corrected chi connectivity index (χ3v) is 3.87. The van der Waals surface area contributed by atoms with Gasteiger partial charge in [0.05, 0.1) is 13.1 Å². The Morgan fingerprint density at radius 3 is 2.86 bits per heavy atom. The van der Waals surface area contributed by atoms with Crippen molar-refractivity contribution in [1.82, 2.24) is 5.32 Å². The van der Waals surface area contributed by atoms with E-state index in [4.69, 9.17) is 5.73 Å². The third-order valence-electron chi connectivity index (χ3n) is 2.93. The monoisotopic (exact) mass is 298 g/mol. The minimum atomic E-state index is 0.0712. The lowest BCUT2D eigenvalue weighted by molar-refractivity contribution is -0.121. The molecule has 2 aromatic rings. The predicted octanol–water partition coefficient (Wildman–Crippen LogP) is 2.31. The number of thiophene rings is 1. The molecule has 0 unspecified atom stereocenters. The van der Waals surface area contributed by atoms with Crippen molar-refractivity contribution in [2.24, 2.45) is 5.73 Å². The molecule has 21 heavy (non-hydrogen) atoms. The lowest BCUT2D eigenvalue weighted by Crippen LogP contribution is -2.22. The van der Waals surface area contributed by atoms with E-state index < -0.39 is 0 Å². The summed E-state index contributed by atoms with van der Waals surface area (Å²) in [7, 11) is 0. The highest BCUT2D eigenvalue weighted by molar-refractivity contribution is 7.10. The van der Waals surface area contributed by atoms with Crippen LogP contribution in [0.5, 0.6) is 0 Å². The molecule has 0 aliphatic heterocycles. The van der Waals surface area contributed by atoms with Crippen molar-refractivity contribution >= 4 is 17.2 Å². The van der Waals surface area contributed by atoms with Gasteiger partial charge in [-0.15, -0.1) is 11.3 Å². The van der Waals surface area contributed by atoms with Gasteiger partial charge in [-0.1, -0.05) is 42.2 Å². The van der Waals surface area contributed by atoms with Crippen LogP contribution in [0.4, 0.5) is 0 Å². The van der Waals surface area contributed by atoms with Crippen molar-refractivity contribution in [3.63, 3.8) is 0 Å². The van der Waals surface area contributed by atoms with Gasteiger partial charge in [0.1, 0.15) is 0 Å². The second-order valence-corrected chi connectivity index (χ2v) is 5.57. The summed E-state index contributed by atoms with van der Waals surface area (Å²) in [5.74, 6) is 5.87. The van der Waals surface area contributed by atoms with Crippen molar-refractivity contribution in [1.29, 1.82) is 0 Å². The Morgan fingerprint density at radius 1 is 1.29 bits per heavy atom. The van der Waals surface area contributed by atoms with Crippen LogP contribution >= 0.6 is 11.3 Å². The fourth-order valence-corrected chi connectivity index (χ4v) is 2.62. The Labute approximate surface area is 129 Å². The van der Waals surface area contributed by atoms with Gasteiger partial charge < -0.3 is 11.1 Å². The van der Waals surface area contributed by atoms with Crippen LogP contribution in [0.2, 0.25) is 0 Å². The topological polar surface area (TPSA) is 55.1 Å². The summed E-state index contributed by atoms with van der Waals surface area (Å²) in [4.78, 5) is 12.9. The summed E-state index contributed by atoms with van der Waals surface area (Å²) in [6.07, 6.45) is 1.28. The van der Waals surface area contributed by atoms with Crippen LogP contribution < -0.4 is 11.1 Å². The first kappa shape index (κ1) is 15.3. The van der Waals surface area contributed by atoms with Crippen LogP contribution in [0.25, 0.3) is 0 Å². The molecule has 0 fully saturated rings. The molecular formula is C17H18N2OS. The standard InChI is InChI=1S/C17H18N2OS/c18-10-4-7-15-11-16(21-13-15)12-19-17(20)9-8-14-5-2-1-3-6-14/h1-3,5-6,11,13H,8-10,12,18H2,(H,19,20). The average Bonchev–Trinajstić information content (AvgIpc) is 2.98. The second kappa shape index (κ2) is 8.25. The molecule has 1 heterocycles. The highest BCUT2D eigenvalue weighted by Crippen LogP contribution is 2.13. The first-order valence-electron chi connectivity index (χ1n) is 6.85. The minimum Gasteiger partial charge on any atom is -0.351 e. The number of benzene rings is 1. The van der Waals surface area contributed by atoms with E-state index in [0.717, 1.165) is 16.9 Å². The lowest BCUT2D eigenvalue weighted by atomic mass is 10.1. The second-order valence-electron chi connectivity index (χ2n) is 4.57. The van der Waals surface area contributed by atoms with E-state index in [0.29, 0.717) is 19.5 Å². The first-order chi connectivity index (χ1) is 10.3. The molecule has 2 rings (SSSR count). The number of amides is 1. The van der Waals surface area contributed by atoms with Gasteiger partial charge in [0.2, 0.25) is 5.91 Å². The van der Waals surface area contributed by atoms with Crippen molar-refractivity contribution in [3.05, 3.63) is 57.8 Å². The zero-order valence-electron chi connectivity index (χ0n) is 11.8. The van der Waals surface area contributed by atoms with Crippen LogP contribution in [0.15, 0.2) is 41.8 Å². The van der Waals surface area contributed by atoms with Gasteiger partial charge in [0.15, 0.2) is 0 Å². The van der Waals surface area contributed by atoms with Crippen molar-refractivity contribution in [2.45, 2.75) is 19.4 Å². The number of aryl methyl sites for hydroxylation is 1. The molecule has 4 heteroatoms. The van der Waals surface area contributed by atoms with E-state index >= 15 is 0 Å². The zero-order valence-corrected chi connectivity index (χ0v) is 12.6. The summed E-state index contributed by atoms with van der Waals surface area (Å²) >= 11 is 1.60. The summed E-state index contributed by atoms with van der Waals surface area (Å²) < 4.78 is 0. The molecular weight excluding hydrogens is 280 g/mol. The molecule has 3 nitrogen and oxygen atoms in total. The van der Waals surface area contributed by atoms with E-state index in [1.54, 1.807) is 11.3 Å². The molecule has 1 aromatic carbocycles. The van der Waals surface area contributed by atoms with Crippen LogP contribution in [-0.4, -0.2) is 12.5 Å². The normalized spacial score (nSPS) is 9.76. The zero-order chi connectivity index (χ0) is 14.9. The summed E-state index contributed by atoms with van der Waals surface area (Å²) in [6.45, 7) is 0.921. The molecule has 3 N–H and O–H groups in total. The number of nitrogens with two attached hydrogens (primary N) is 1. The van der Waals surface area contributed by atoms with Gasteiger partial charge in [-0.05, 0) is 18.1 Å². The summed E-state index contributed by atoms with van der Waals surface area (Å²) in [6, 6.07) is 12.0. The smallest absolute Gasteiger partial charge is 0.220 e. The van der Waals surface area contributed by atoms with Gasteiger partial charge in [-0.2, -0.15) is 0 Å². The summed E-state index contributed by atoms with van der Waals surface area (Å²) in [5.41, 5.74) is 7.48. The molecule has 0 saturated carbocycles. The first-order valence-corrected chi connectivity index (χ1v) is 7.73. The van der Waals surface area contributed by atoms with Crippen LogP contribution in [0.3, 0.4) is 0 Å². The average molecular weight is 298 g/mol. The van der Waals surface area contributed by atoms with Gasteiger partial charge in [-0.25, -0.2) is 0 Å². The number of rotatable bonds is 5. The van der Waals surface area contributed by atoms with Gasteiger partial charge in [0, 0.05) is 22.2 Å². The van der Waals surface area contributed by atoms with Crippen molar-refractivity contribution in [2.75, 3.05) is 6.54 Å². The van der Waals surface area contributed by atoms with E-state index in [9.17, 15) is 4.79 Å². The number of hydrogen-bond acceptors (Lipinski definition) is 3. The fourth-order valence-electron chi connectivity index (χ4n) is 1.87. The SMILES string of the molecule is NCC#Cc1csc(CNC(=O)CCc2ccccc2)c1. The highest BCUT2D eigenvalue weighted by Gasteiger charge is 2.03. The van der Waals surface area contributed by atoms with Gasteiger partial charge in [0.25, 0.3) is 0 Å². The Balaban J connectivity index is 1.75. The molecule has 0 radical (unpaired) electrons. The molecule has 0 aliphatic carbocycles. The predicted molar refractivity (Wildman–Crippen MR) is 86.9 cm³/mol.